The number of carboxylic acids is 1. The fraction of sp³-hybridized carbons (Fsp3) is 0.188. The first-order chi connectivity index (χ1) is 8.99. The molecule has 3 nitrogen and oxygen atoms in total. The number of carbonyl (C=O) groups is 1. The van der Waals surface area contributed by atoms with Gasteiger partial charge in [0.1, 0.15) is 0 Å². The van der Waals surface area contributed by atoms with Gasteiger partial charge in [-0.3, -0.25) is 0 Å². The minimum Gasteiger partial charge on any atom is -0.478 e. The topological polar surface area (TPSA) is 49.3 Å². The van der Waals surface area contributed by atoms with E-state index in [2.05, 4.69) is 31.3 Å². The maximum absolute atomic E-state index is 10.8. The molecule has 0 aliphatic carbocycles. The van der Waals surface area contributed by atoms with Gasteiger partial charge in [-0.1, -0.05) is 30.3 Å². The first-order valence-electron chi connectivity index (χ1n) is 6.16. The van der Waals surface area contributed by atoms with Crippen LogP contribution in [0.1, 0.15) is 29.8 Å². The standard InChI is InChI=1S/C16H17NO2/c1-16(2,13-6-4-3-5-7-13)17-14-10-8-12(9-11-14)15(18)19/h3-11,17H,1-2H3,(H,18,19). The Bertz CT molecular complexity index is 559. The molecule has 0 spiro atoms. The fourth-order valence-electron chi connectivity index (χ4n) is 1.98. The smallest absolute Gasteiger partial charge is 0.335 e. The van der Waals surface area contributed by atoms with E-state index in [0.717, 1.165) is 5.69 Å². The number of anilines is 1. The van der Waals surface area contributed by atoms with E-state index in [1.165, 1.54) is 5.56 Å². The Balaban J connectivity index is 2.18. The molecule has 0 saturated heterocycles. The van der Waals surface area contributed by atoms with Crippen molar-refractivity contribution in [1.29, 1.82) is 0 Å². The first kappa shape index (κ1) is 13.1. The second-order valence-corrected chi connectivity index (χ2v) is 5.00. The maximum atomic E-state index is 10.8. The van der Waals surface area contributed by atoms with Crippen LogP contribution in [0, 0.1) is 0 Å². The molecule has 0 aromatic heterocycles. The van der Waals surface area contributed by atoms with E-state index in [1.807, 2.05) is 18.2 Å². The van der Waals surface area contributed by atoms with Crippen LogP contribution in [0.25, 0.3) is 0 Å². The largest absolute Gasteiger partial charge is 0.478 e. The van der Waals surface area contributed by atoms with Gasteiger partial charge in [-0.25, -0.2) is 4.79 Å². The molecule has 19 heavy (non-hydrogen) atoms. The lowest BCUT2D eigenvalue weighted by Gasteiger charge is -2.28. The van der Waals surface area contributed by atoms with E-state index in [9.17, 15) is 4.79 Å². The highest BCUT2D eigenvalue weighted by Gasteiger charge is 2.19. The lowest BCUT2D eigenvalue weighted by atomic mass is 9.94. The molecule has 2 N–H and O–H groups in total. The molecule has 0 saturated carbocycles. The van der Waals surface area contributed by atoms with Crippen molar-refractivity contribution in [2.24, 2.45) is 0 Å². The molecule has 0 aliphatic rings. The summed E-state index contributed by atoms with van der Waals surface area (Å²) in [5.74, 6) is -0.908. The number of aromatic carboxylic acids is 1. The van der Waals surface area contributed by atoms with Gasteiger partial charge < -0.3 is 10.4 Å². The van der Waals surface area contributed by atoms with Crippen molar-refractivity contribution in [3.63, 3.8) is 0 Å². The SMILES string of the molecule is CC(C)(Nc1ccc(C(=O)O)cc1)c1ccccc1. The number of hydrogen-bond acceptors (Lipinski definition) is 2. The number of benzene rings is 2. The zero-order valence-electron chi connectivity index (χ0n) is 11.1. The molecule has 0 fully saturated rings. The van der Waals surface area contributed by atoms with Crippen LogP contribution in [-0.2, 0) is 5.54 Å². The van der Waals surface area contributed by atoms with Gasteiger partial charge in [0.2, 0.25) is 0 Å². The molecule has 0 bridgehead atoms. The Morgan fingerprint density at radius 1 is 1.00 bits per heavy atom. The minimum atomic E-state index is -0.908. The summed E-state index contributed by atoms with van der Waals surface area (Å²) in [6.07, 6.45) is 0. The van der Waals surface area contributed by atoms with Crippen molar-refractivity contribution < 1.29 is 9.90 Å². The quantitative estimate of drug-likeness (QED) is 0.875. The van der Waals surface area contributed by atoms with Gasteiger partial charge in [0.05, 0.1) is 11.1 Å². The monoisotopic (exact) mass is 255 g/mol. The van der Waals surface area contributed by atoms with E-state index >= 15 is 0 Å². The highest BCUT2D eigenvalue weighted by molar-refractivity contribution is 5.88. The average Bonchev–Trinajstić information content (AvgIpc) is 2.40. The van der Waals surface area contributed by atoms with E-state index in [4.69, 9.17) is 5.11 Å². The van der Waals surface area contributed by atoms with Gasteiger partial charge in [-0.15, -0.1) is 0 Å². The molecular formula is C16H17NO2. The summed E-state index contributed by atoms with van der Waals surface area (Å²) >= 11 is 0. The summed E-state index contributed by atoms with van der Waals surface area (Å²) in [6, 6.07) is 16.9. The van der Waals surface area contributed by atoms with Gasteiger partial charge >= 0.3 is 5.97 Å². The maximum Gasteiger partial charge on any atom is 0.335 e. The van der Waals surface area contributed by atoms with Gasteiger partial charge in [-0.2, -0.15) is 0 Å². The predicted octanol–water partition coefficient (Wildman–Crippen LogP) is 3.73. The highest BCUT2D eigenvalue weighted by atomic mass is 16.4. The molecule has 2 aromatic rings. The van der Waals surface area contributed by atoms with Crippen molar-refractivity contribution in [2.45, 2.75) is 19.4 Å². The fourth-order valence-corrected chi connectivity index (χ4v) is 1.98. The molecule has 2 rings (SSSR count). The minimum absolute atomic E-state index is 0.216. The average molecular weight is 255 g/mol. The highest BCUT2D eigenvalue weighted by Crippen LogP contribution is 2.25. The summed E-state index contributed by atoms with van der Waals surface area (Å²) in [5, 5.41) is 12.3. The molecule has 0 amide bonds. The molecule has 0 radical (unpaired) electrons. The van der Waals surface area contributed by atoms with Gasteiger partial charge in [0.25, 0.3) is 0 Å². The Morgan fingerprint density at radius 3 is 2.11 bits per heavy atom. The van der Waals surface area contributed by atoms with Crippen LogP contribution in [0.4, 0.5) is 5.69 Å². The third-order valence-electron chi connectivity index (χ3n) is 3.08. The van der Waals surface area contributed by atoms with E-state index < -0.39 is 5.97 Å². The Hall–Kier alpha value is -2.29. The second-order valence-electron chi connectivity index (χ2n) is 5.00. The van der Waals surface area contributed by atoms with Crippen LogP contribution in [-0.4, -0.2) is 11.1 Å². The molecule has 0 aliphatic heterocycles. The molecular weight excluding hydrogens is 238 g/mol. The van der Waals surface area contributed by atoms with Crippen molar-refractivity contribution >= 4 is 11.7 Å². The predicted molar refractivity (Wildman–Crippen MR) is 76.5 cm³/mol. The zero-order valence-corrected chi connectivity index (χ0v) is 11.1. The molecule has 0 unspecified atom stereocenters. The number of hydrogen-bond donors (Lipinski definition) is 2. The molecule has 0 heterocycles. The third kappa shape index (κ3) is 3.13. The summed E-state index contributed by atoms with van der Waals surface area (Å²) in [6.45, 7) is 4.18. The Labute approximate surface area is 112 Å². The van der Waals surface area contributed by atoms with Crippen LogP contribution in [0.3, 0.4) is 0 Å². The summed E-state index contributed by atoms with van der Waals surface area (Å²) in [4.78, 5) is 10.8. The van der Waals surface area contributed by atoms with Gasteiger partial charge in [0.15, 0.2) is 0 Å². The number of carboxylic acid groups (broad SMARTS) is 1. The molecule has 0 atom stereocenters. The van der Waals surface area contributed by atoms with Crippen molar-refractivity contribution in [3.8, 4) is 0 Å². The summed E-state index contributed by atoms with van der Waals surface area (Å²) in [7, 11) is 0. The van der Waals surface area contributed by atoms with Gasteiger partial charge in [-0.05, 0) is 43.7 Å². The third-order valence-corrected chi connectivity index (χ3v) is 3.08. The van der Waals surface area contributed by atoms with Crippen molar-refractivity contribution in [1.82, 2.24) is 0 Å². The summed E-state index contributed by atoms with van der Waals surface area (Å²) < 4.78 is 0. The van der Waals surface area contributed by atoms with E-state index in [0.29, 0.717) is 5.56 Å². The van der Waals surface area contributed by atoms with Crippen LogP contribution in [0.2, 0.25) is 0 Å². The summed E-state index contributed by atoms with van der Waals surface area (Å²) in [5.41, 5.74) is 2.16. The van der Waals surface area contributed by atoms with Crippen molar-refractivity contribution in [2.75, 3.05) is 5.32 Å². The number of nitrogens with one attached hydrogen (secondary N) is 1. The normalized spacial score (nSPS) is 11.1. The number of rotatable bonds is 4. The van der Waals surface area contributed by atoms with Crippen LogP contribution in [0.15, 0.2) is 54.6 Å². The van der Waals surface area contributed by atoms with Crippen LogP contribution in [0.5, 0.6) is 0 Å². The zero-order chi connectivity index (χ0) is 13.9. The lowest BCUT2D eigenvalue weighted by molar-refractivity contribution is 0.0697. The van der Waals surface area contributed by atoms with E-state index in [1.54, 1.807) is 24.3 Å². The molecule has 2 aromatic carbocycles. The molecule has 3 heteroatoms. The van der Waals surface area contributed by atoms with Crippen LogP contribution >= 0.6 is 0 Å². The first-order valence-corrected chi connectivity index (χ1v) is 6.16. The van der Waals surface area contributed by atoms with E-state index in [-0.39, 0.29) is 5.54 Å². The lowest BCUT2D eigenvalue weighted by Crippen LogP contribution is -2.27. The van der Waals surface area contributed by atoms with Crippen LogP contribution < -0.4 is 5.32 Å². The van der Waals surface area contributed by atoms with Gasteiger partial charge in [0, 0.05) is 5.69 Å². The van der Waals surface area contributed by atoms with Crippen molar-refractivity contribution in [3.05, 3.63) is 65.7 Å². The molecule has 98 valence electrons. The Kier molecular flexibility index (Phi) is 3.56. The Morgan fingerprint density at radius 2 is 1.58 bits per heavy atom. The second kappa shape index (κ2) is 5.14.